The lowest BCUT2D eigenvalue weighted by molar-refractivity contribution is -0.165. The van der Waals surface area contributed by atoms with Gasteiger partial charge in [0.15, 0.2) is 6.61 Å². The first-order chi connectivity index (χ1) is 14.9. The Morgan fingerprint density at radius 3 is 2.42 bits per heavy atom. The van der Waals surface area contributed by atoms with Crippen LogP contribution in [0.1, 0.15) is 19.3 Å². The van der Waals surface area contributed by atoms with Gasteiger partial charge in [-0.3, -0.25) is 9.69 Å². The van der Waals surface area contributed by atoms with Gasteiger partial charge in [0.25, 0.3) is 5.91 Å². The van der Waals surface area contributed by atoms with Crippen LogP contribution < -0.4 is 15.0 Å². The van der Waals surface area contributed by atoms with E-state index in [0.29, 0.717) is 17.3 Å². The molecule has 4 aliphatic rings. The Labute approximate surface area is 190 Å². The van der Waals surface area contributed by atoms with Crippen molar-refractivity contribution >= 4 is 41.0 Å². The quantitative estimate of drug-likeness (QED) is 0.634. The van der Waals surface area contributed by atoms with E-state index in [1.165, 1.54) is 4.90 Å². The summed E-state index contributed by atoms with van der Waals surface area (Å²) in [7, 11) is 0. The van der Waals surface area contributed by atoms with Crippen molar-refractivity contribution in [3.05, 3.63) is 53.6 Å². The monoisotopic (exact) mass is 457 g/mol. The fraction of sp³-hybridized carbons (Fsp3) is 0.391. The number of carbonyl (C=O) groups excluding carboxylic acids is 2. The number of nitrogens with one attached hydrogen (secondary N) is 1. The third-order valence-corrected chi connectivity index (χ3v) is 7.55. The average molecular weight is 458 g/mol. The highest BCUT2D eigenvalue weighted by Crippen LogP contribution is 2.64. The molecule has 1 saturated heterocycles. The number of rotatable bonds is 7. The van der Waals surface area contributed by atoms with Crippen LogP contribution in [0.2, 0.25) is 5.02 Å². The largest absolute Gasteiger partial charge is 0.484 e. The molecular formula is C23H24ClN3O3S. The highest BCUT2D eigenvalue weighted by atomic mass is 35.5. The smallest absolute Gasteiger partial charge is 0.325 e. The third kappa shape index (κ3) is 3.64. The van der Waals surface area contributed by atoms with Crippen LogP contribution in [0, 0.1) is 0 Å². The summed E-state index contributed by atoms with van der Waals surface area (Å²) in [6.07, 6.45) is 4.49. The number of urea groups is 1. The first-order valence-electron chi connectivity index (χ1n) is 10.3. The summed E-state index contributed by atoms with van der Waals surface area (Å²) in [6.45, 7) is 1.40. The minimum atomic E-state index is -0.186. The fourth-order valence-corrected chi connectivity index (χ4v) is 5.68. The van der Waals surface area contributed by atoms with Crippen molar-refractivity contribution < 1.29 is 14.3 Å². The van der Waals surface area contributed by atoms with E-state index in [1.54, 1.807) is 36.0 Å². The first kappa shape index (κ1) is 20.5. The summed E-state index contributed by atoms with van der Waals surface area (Å²) < 4.78 is 5.53. The van der Waals surface area contributed by atoms with E-state index in [0.717, 1.165) is 31.5 Å². The molecule has 2 aromatic carbocycles. The second kappa shape index (κ2) is 7.64. The van der Waals surface area contributed by atoms with Gasteiger partial charge in [0.05, 0.1) is 5.54 Å². The summed E-state index contributed by atoms with van der Waals surface area (Å²) in [4.78, 5) is 30.5. The number of thioether (sulfide) groups is 1. The molecule has 6 rings (SSSR count). The van der Waals surface area contributed by atoms with Gasteiger partial charge in [0, 0.05) is 34.2 Å². The molecule has 2 aromatic rings. The average Bonchev–Trinajstić information content (AvgIpc) is 3.10. The van der Waals surface area contributed by atoms with Gasteiger partial charge in [-0.05, 0) is 74.0 Å². The third-order valence-electron chi connectivity index (χ3n) is 6.56. The zero-order chi connectivity index (χ0) is 21.6. The molecule has 0 atom stereocenters. The fourth-order valence-electron chi connectivity index (χ4n) is 5.14. The van der Waals surface area contributed by atoms with Crippen LogP contribution in [0.5, 0.6) is 5.75 Å². The number of nitrogens with zero attached hydrogens (tertiary/aromatic N) is 2. The van der Waals surface area contributed by atoms with Crippen molar-refractivity contribution in [1.82, 2.24) is 10.2 Å². The zero-order valence-corrected chi connectivity index (χ0v) is 18.8. The molecule has 0 spiro atoms. The van der Waals surface area contributed by atoms with Crippen LogP contribution in [0.3, 0.4) is 0 Å². The molecule has 162 valence electrons. The van der Waals surface area contributed by atoms with E-state index in [-0.39, 0.29) is 29.6 Å². The molecule has 1 aliphatic heterocycles. The molecule has 3 saturated carbocycles. The first-order valence-corrected chi connectivity index (χ1v) is 11.9. The van der Waals surface area contributed by atoms with Crippen molar-refractivity contribution in [1.29, 1.82) is 0 Å². The minimum absolute atomic E-state index is 0.0289. The number of ether oxygens (including phenoxy) is 1. The van der Waals surface area contributed by atoms with Crippen LogP contribution in [0.4, 0.5) is 10.5 Å². The number of carbonyl (C=O) groups is 2. The Balaban J connectivity index is 1.13. The second-order valence-electron chi connectivity index (χ2n) is 8.61. The van der Waals surface area contributed by atoms with Gasteiger partial charge in [0.2, 0.25) is 0 Å². The standard InChI is InChI=1S/C23H24ClN3O3S/c1-31-19-8-4-17(5-9-19)26-10-11-27(21(26)29)23-13-22(14-23,15-23)25-20(28)12-30-18-6-2-16(24)3-7-18/h2-9H,10-15H2,1H3,(H,25,28). The maximum absolute atomic E-state index is 13.1. The Morgan fingerprint density at radius 1 is 1.10 bits per heavy atom. The summed E-state index contributed by atoms with van der Waals surface area (Å²) in [5, 5.41) is 3.74. The van der Waals surface area contributed by atoms with Crippen LogP contribution >= 0.6 is 23.4 Å². The van der Waals surface area contributed by atoms with Gasteiger partial charge in [-0.2, -0.15) is 0 Å². The van der Waals surface area contributed by atoms with E-state index in [9.17, 15) is 9.59 Å². The number of hydrogen-bond donors (Lipinski definition) is 1. The number of hydrogen-bond acceptors (Lipinski definition) is 4. The van der Waals surface area contributed by atoms with Crippen molar-refractivity contribution in [3.8, 4) is 5.75 Å². The summed E-state index contributed by atoms with van der Waals surface area (Å²) >= 11 is 7.55. The number of benzene rings is 2. The van der Waals surface area contributed by atoms with E-state index in [1.807, 2.05) is 40.3 Å². The lowest BCUT2D eigenvalue weighted by Crippen LogP contribution is -2.84. The molecule has 0 radical (unpaired) electrons. The van der Waals surface area contributed by atoms with Crippen molar-refractivity contribution in [2.24, 2.45) is 0 Å². The van der Waals surface area contributed by atoms with Crippen LogP contribution in [-0.2, 0) is 4.79 Å². The predicted octanol–water partition coefficient (Wildman–Crippen LogP) is 4.17. The SMILES string of the molecule is CSc1ccc(N2CCN(C34CC(NC(=O)COc5ccc(Cl)cc5)(C3)C4)C2=O)cc1. The Kier molecular flexibility index (Phi) is 5.06. The topological polar surface area (TPSA) is 61.9 Å². The Morgan fingerprint density at radius 2 is 1.77 bits per heavy atom. The summed E-state index contributed by atoms with van der Waals surface area (Å²) in [6, 6.07) is 15.1. The molecule has 2 bridgehead atoms. The molecule has 1 N–H and O–H groups in total. The van der Waals surface area contributed by atoms with E-state index in [4.69, 9.17) is 16.3 Å². The van der Waals surface area contributed by atoms with Crippen LogP contribution in [-0.4, -0.2) is 53.9 Å². The second-order valence-corrected chi connectivity index (χ2v) is 9.93. The van der Waals surface area contributed by atoms with Gasteiger partial charge in [0.1, 0.15) is 5.75 Å². The predicted molar refractivity (Wildman–Crippen MR) is 122 cm³/mol. The molecule has 0 unspecified atom stereocenters. The van der Waals surface area contributed by atoms with Crippen LogP contribution in [0.25, 0.3) is 0 Å². The molecule has 6 nitrogen and oxygen atoms in total. The highest BCUT2D eigenvalue weighted by Gasteiger charge is 2.72. The molecule has 3 aliphatic carbocycles. The molecule has 1 heterocycles. The maximum atomic E-state index is 13.1. The van der Waals surface area contributed by atoms with E-state index in [2.05, 4.69) is 5.32 Å². The van der Waals surface area contributed by atoms with Gasteiger partial charge in [-0.1, -0.05) is 11.6 Å². The Bertz CT molecular complexity index is 992. The lowest BCUT2D eigenvalue weighted by Gasteiger charge is -2.72. The highest BCUT2D eigenvalue weighted by molar-refractivity contribution is 7.98. The summed E-state index contributed by atoms with van der Waals surface area (Å²) in [5.41, 5.74) is 0.656. The van der Waals surface area contributed by atoms with Crippen LogP contribution in [0.15, 0.2) is 53.4 Å². The molecule has 8 heteroatoms. The normalized spacial score (nSPS) is 26.3. The Hall–Kier alpha value is -2.38. The number of amides is 3. The van der Waals surface area contributed by atoms with Gasteiger partial charge < -0.3 is 15.0 Å². The molecule has 31 heavy (non-hydrogen) atoms. The molecule has 3 amide bonds. The molecular weight excluding hydrogens is 434 g/mol. The van der Waals surface area contributed by atoms with Gasteiger partial charge in [-0.25, -0.2) is 4.79 Å². The lowest BCUT2D eigenvalue weighted by atomic mass is 9.43. The number of halogens is 1. The van der Waals surface area contributed by atoms with Crippen molar-refractivity contribution in [2.45, 2.75) is 35.2 Å². The van der Waals surface area contributed by atoms with Gasteiger partial charge in [-0.15, -0.1) is 11.8 Å². The van der Waals surface area contributed by atoms with E-state index < -0.39 is 0 Å². The minimum Gasteiger partial charge on any atom is -0.484 e. The maximum Gasteiger partial charge on any atom is 0.325 e. The van der Waals surface area contributed by atoms with Crippen molar-refractivity contribution in [3.63, 3.8) is 0 Å². The zero-order valence-electron chi connectivity index (χ0n) is 17.3. The van der Waals surface area contributed by atoms with Gasteiger partial charge >= 0.3 is 6.03 Å². The summed E-state index contributed by atoms with van der Waals surface area (Å²) in [5.74, 6) is 0.480. The molecule has 0 aromatic heterocycles. The number of anilines is 1. The van der Waals surface area contributed by atoms with Crippen molar-refractivity contribution in [2.75, 3.05) is 30.9 Å². The van der Waals surface area contributed by atoms with E-state index >= 15 is 0 Å². The molecule has 4 fully saturated rings.